The number of hydrogen-bond acceptors (Lipinski definition) is 5. The van der Waals surface area contributed by atoms with Gasteiger partial charge in [-0.15, -0.1) is 0 Å². The number of rotatable bonds is 6. The summed E-state index contributed by atoms with van der Waals surface area (Å²) in [6.45, 7) is 3.63. The first kappa shape index (κ1) is 19.5. The number of aromatic nitrogens is 3. The highest BCUT2D eigenvalue weighted by molar-refractivity contribution is 6.02. The van der Waals surface area contributed by atoms with Gasteiger partial charge in [0, 0.05) is 30.2 Å². The van der Waals surface area contributed by atoms with E-state index in [1.807, 2.05) is 5.32 Å². The summed E-state index contributed by atoms with van der Waals surface area (Å²) in [5.41, 5.74) is 9.87. The summed E-state index contributed by atoms with van der Waals surface area (Å²) in [6.07, 6.45) is 2.63. The van der Waals surface area contributed by atoms with Crippen molar-refractivity contribution in [3.05, 3.63) is 47.7 Å². The third-order valence-corrected chi connectivity index (χ3v) is 5.26. The van der Waals surface area contributed by atoms with Crippen molar-refractivity contribution in [3.63, 3.8) is 0 Å². The van der Waals surface area contributed by atoms with Crippen LogP contribution in [-0.4, -0.2) is 27.7 Å². The zero-order valence-electron chi connectivity index (χ0n) is 16.1. The van der Waals surface area contributed by atoms with Gasteiger partial charge in [-0.2, -0.15) is 5.11 Å². The molecule has 29 heavy (non-hydrogen) atoms. The van der Waals surface area contributed by atoms with E-state index in [2.05, 4.69) is 14.7 Å². The highest BCUT2D eigenvalue weighted by Gasteiger charge is 2.24. The molecule has 0 aliphatic carbocycles. The van der Waals surface area contributed by atoms with Crippen molar-refractivity contribution in [2.45, 2.75) is 38.8 Å². The molecule has 1 saturated heterocycles. The first-order valence-electron chi connectivity index (χ1n) is 9.61. The normalized spacial score (nSPS) is 16.2. The van der Waals surface area contributed by atoms with Crippen LogP contribution in [-0.2, 0) is 11.3 Å². The Kier molecular flexibility index (Phi) is 5.59. The molecule has 0 bridgehead atoms. The molecule has 0 saturated carbocycles. The Balaban J connectivity index is 1.88. The van der Waals surface area contributed by atoms with Crippen LogP contribution in [0.15, 0.2) is 41.4 Å². The fourth-order valence-corrected chi connectivity index (χ4v) is 3.83. The molecule has 0 amide bonds. The average molecular weight is 401 g/mol. The zero-order chi connectivity index (χ0) is 20.4. The lowest BCUT2D eigenvalue weighted by Crippen LogP contribution is -2.76. The number of hydrogen-bond donors (Lipinski definition) is 2. The molecule has 0 unspecified atom stereocenters. The van der Waals surface area contributed by atoms with Gasteiger partial charge < -0.3 is 14.6 Å². The zero-order valence-corrected chi connectivity index (χ0v) is 16.1. The number of benzene rings is 1. The van der Waals surface area contributed by atoms with E-state index in [1.165, 1.54) is 12.1 Å². The van der Waals surface area contributed by atoms with Gasteiger partial charge in [0.05, 0.1) is 17.2 Å². The van der Waals surface area contributed by atoms with Crippen LogP contribution < -0.4 is 5.32 Å². The lowest BCUT2D eigenvalue weighted by atomic mass is 10.1. The minimum absolute atomic E-state index is 0.0183. The van der Waals surface area contributed by atoms with Crippen LogP contribution in [0.4, 0.5) is 8.78 Å². The van der Waals surface area contributed by atoms with E-state index in [-0.39, 0.29) is 11.6 Å². The first-order valence-corrected chi connectivity index (χ1v) is 9.61. The fourth-order valence-electron chi connectivity index (χ4n) is 3.83. The van der Waals surface area contributed by atoms with Crippen molar-refractivity contribution in [2.75, 3.05) is 13.2 Å². The Morgan fingerprint density at radius 1 is 1.38 bits per heavy atom. The van der Waals surface area contributed by atoms with Crippen LogP contribution in [0.5, 0.6) is 0 Å². The summed E-state index contributed by atoms with van der Waals surface area (Å²) in [7, 11) is 0. The minimum Gasteiger partial charge on any atom is -0.381 e. The van der Waals surface area contributed by atoms with Crippen LogP contribution in [0.25, 0.3) is 21.9 Å². The second-order valence-electron chi connectivity index (χ2n) is 7.17. The lowest BCUT2D eigenvalue weighted by Gasteiger charge is -2.25. The smallest absolute Gasteiger partial charge is 0.263 e. The Hall–Kier alpha value is -2.78. The summed E-state index contributed by atoms with van der Waals surface area (Å²) >= 11 is 0. The molecule has 0 spiro atoms. The van der Waals surface area contributed by atoms with E-state index < -0.39 is 6.43 Å². The molecule has 1 aromatic carbocycles. The summed E-state index contributed by atoms with van der Waals surface area (Å²) in [4.78, 5) is 9.19. The van der Waals surface area contributed by atoms with Gasteiger partial charge in [-0.05, 0) is 31.9 Å². The van der Waals surface area contributed by atoms with Crippen LogP contribution in [0.2, 0.25) is 0 Å². The number of imidazole rings is 1. The summed E-state index contributed by atoms with van der Waals surface area (Å²) < 4.78 is 34.4. The van der Waals surface area contributed by atoms with Crippen LogP contribution in [0.1, 0.15) is 43.6 Å². The van der Waals surface area contributed by atoms with Gasteiger partial charge in [-0.25, -0.2) is 19.3 Å². The SMILES string of the molecule is C/C(=C/[NH2+]Cc1nc2cnc3ccc(C(F)F)cc3c2n1C1CCOCC1)N=N. The number of nitrogens with one attached hydrogen (secondary N) is 1. The molecule has 1 aliphatic rings. The van der Waals surface area contributed by atoms with Crippen LogP contribution >= 0.6 is 0 Å². The average Bonchev–Trinajstić information content (AvgIpc) is 3.12. The number of nitrogens with two attached hydrogens (primary N) is 1. The number of allylic oxidation sites excluding steroid dienone is 1. The topological polar surface area (TPSA) is 92.8 Å². The molecule has 0 atom stereocenters. The first-order chi connectivity index (χ1) is 14.1. The molecule has 1 aliphatic heterocycles. The number of halogens is 2. The molecule has 4 rings (SSSR count). The number of fused-ring (bicyclic) bond motifs is 3. The lowest BCUT2D eigenvalue weighted by molar-refractivity contribution is -0.607. The number of ether oxygens (including phenoxy) is 1. The van der Waals surface area contributed by atoms with E-state index in [0.29, 0.717) is 41.9 Å². The minimum atomic E-state index is -2.54. The Labute approximate surface area is 166 Å². The predicted molar refractivity (Wildman–Crippen MR) is 104 cm³/mol. The summed E-state index contributed by atoms with van der Waals surface area (Å²) in [5, 5.41) is 6.01. The highest BCUT2D eigenvalue weighted by Crippen LogP contribution is 2.33. The van der Waals surface area contributed by atoms with Crippen molar-refractivity contribution in [1.82, 2.24) is 14.5 Å². The third kappa shape index (κ3) is 3.88. The second kappa shape index (κ2) is 8.30. The fraction of sp³-hybridized carbons (Fsp3) is 0.400. The molecule has 1 fully saturated rings. The van der Waals surface area contributed by atoms with E-state index >= 15 is 0 Å². The van der Waals surface area contributed by atoms with E-state index in [4.69, 9.17) is 15.3 Å². The maximum absolute atomic E-state index is 13.3. The summed E-state index contributed by atoms with van der Waals surface area (Å²) in [6, 6.07) is 4.78. The quantitative estimate of drug-likeness (QED) is 0.615. The van der Waals surface area contributed by atoms with Crippen molar-refractivity contribution >= 4 is 21.9 Å². The van der Waals surface area contributed by atoms with Gasteiger partial charge in [0.15, 0.2) is 5.82 Å². The molecule has 3 heterocycles. The Bertz CT molecular complexity index is 1070. The number of pyridine rings is 1. The maximum atomic E-state index is 13.3. The molecular weight excluding hydrogens is 378 g/mol. The van der Waals surface area contributed by atoms with Crippen molar-refractivity contribution in [1.29, 1.82) is 5.53 Å². The van der Waals surface area contributed by atoms with Crippen molar-refractivity contribution in [2.24, 2.45) is 5.11 Å². The van der Waals surface area contributed by atoms with Gasteiger partial charge in [-0.3, -0.25) is 4.98 Å². The molecule has 152 valence electrons. The molecular formula is C20H23F2N6O+. The monoisotopic (exact) mass is 401 g/mol. The van der Waals surface area contributed by atoms with Gasteiger partial charge in [-0.1, -0.05) is 6.07 Å². The molecule has 3 N–H and O–H groups in total. The summed E-state index contributed by atoms with van der Waals surface area (Å²) in [5.74, 6) is 0.845. The number of alkyl halides is 2. The number of nitrogens with zero attached hydrogens (tertiary/aromatic N) is 4. The van der Waals surface area contributed by atoms with E-state index in [0.717, 1.165) is 24.2 Å². The van der Waals surface area contributed by atoms with Crippen LogP contribution in [0, 0.1) is 5.53 Å². The van der Waals surface area contributed by atoms with Gasteiger partial charge in [0.2, 0.25) is 0 Å². The number of quaternary nitrogens is 1. The van der Waals surface area contributed by atoms with E-state index in [1.54, 1.807) is 25.4 Å². The molecule has 2 aromatic heterocycles. The molecule has 3 aromatic rings. The highest BCUT2D eigenvalue weighted by atomic mass is 19.3. The van der Waals surface area contributed by atoms with Crippen molar-refractivity contribution < 1.29 is 18.8 Å². The van der Waals surface area contributed by atoms with Gasteiger partial charge >= 0.3 is 0 Å². The Morgan fingerprint density at radius 2 is 2.17 bits per heavy atom. The predicted octanol–water partition coefficient (Wildman–Crippen LogP) is 3.83. The third-order valence-electron chi connectivity index (χ3n) is 5.26. The van der Waals surface area contributed by atoms with E-state index in [9.17, 15) is 8.78 Å². The molecule has 0 radical (unpaired) electrons. The largest absolute Gasteiger partial charge is 0.381 e. The second-order valence-corrected chi connectivity index (χ2v) is 7.17. The van der Waals surface area contributed by atoms with Crippen molar-refractivity contribution in [3.8, 4) is 0 Å². The van der Waals surface area contributed by atoms with Crippen LogP contribution in [0.3, 0.4) is 0 Å². The molecule has 7 nitrogen and oxygen atoms in total. The Morgan fingerprint density at radius 3 is 2.90 bits per heavy atom. The molecule has 9 heteroatoms. The standard InChI is InChI=1S/C20H22F2N6O/c1-12(27-23)9-24-11-18-26-17-10-25-16-3-2-13(20(21)22)8-15(16)19(17)28(18)14-4-6-29-7-5-14/h2-3,8-10,14,20,23-24H,4-7,11H2,1H3/p+1/b12-9-,27-23?. The maximum Gasteiger partial charge on any atom is 0.263 e. The van der Waals surface area contributed by atoms with Gasteiger partial charge in [0.25, 0.3) is 6.43 Å². The van der Waals surface area contributed by atoms with Gasteiger partial charge in [0.1, 0.15) is 24.0 Å².